The molecule has 13 heavy (non-hydrogen) atoms. The first-order valence-electron chi connectivity index (χ1n) is 4.11. The molecule has 0 saturated carbocycles. The van der Waals surface area contributed by atoms with E-state index in [1.54, 1.807) is 0 Å². The normalized spacial score (nSPS) is 11.5. The molecule has 1 nitrogen and oxygen atoms in total. The monoisotopic (exact) mass is 236 g/mol. The molecular weight excluding hydrogens is 228 g/mol. The molecule has 0 unspecified atom stereocenters. The van der Waals surface area contributed by atoms with E-state index in [4.69, 9.17) is 4.42 Å². The molecule has 1 heterocycles. The average molecular weight is 237 g/mol. The van der Waals surface area contributed by atoms with Crippen LogP contribution < -0.4 is 0 Å². The first-order chi connectivity index (χ1) is 6.40. The molecule has 2 aromatic rings. The number of alkyl halides is 1. The molecule has 0 aliphatic rings. The Morgan fingerprint density at radius 3 is 2.92 bits per heavy atom. The number of fused-ring (bicyclic) bond motifs is 1. The zero-order valence-corrected chi connectivity index (χ0v) is 8.62. The van der Waals surface area contributed by atoms with E-state index in [2.05, 4.69) is 15.9 Å². The Morgan fingerprint density at radius 2 is 2.15 bits per heavy atom. The largest absolute Gasteiger partial charge is 0.457 e. The lowest BCUT2D eigenvalue weighted by Gasteiger charge is -1.83. The van der Waals surface area contributed by atoms with Crippen LogP contribution in [0.2, 0.25) is 0 Å². The Kier molecular flexibility index (Phi) is 2.50. The van der Waals surface area contributed by atoms with E-state index >= 15 is 0 Å². The second-order valence-electron chi connectivity index (χ2n) is 2.74. The Labute approximate surface area is 85.2 Å². The minimum Gasteiger partial charge on any atom is -0.457 e. The lowest BCUT2D eigenvalue weighted by Crippen LogP contribution is -1.60. The minimum absolute atomic E-state index is 0.851. The number of para-hydroxylation sites is 1. The fraction of sp³-hybridized carbons (Fsp3) is 0.0909. The molecule has 66 valence electrons. The Bertz CT molecular complexity index is 395. The molecule has 0 bridgehead atoms. The van der Waals surface area contributed by atoms with Crippen LogP contribution in [0.25, 0.3) is 17.0 Å². The molecule has 0 radical (unpaired) electrons. The highest BCUT2D eigenvalue weighted by molar-refractivity contribution is 9.09. The van der Waals surface area contributed by atoms with Crippen LogP contribution in [0, 0.1) is 0 Å². The fourth-order valence-corrected chi connectivity index (χ4v) is 1.43. The van der Waals surface area contributed by atoms with Crippen LogP contribution in [0.4, 0.5) is 0 Å². The maximum atomic E-state index is 5.56. The van der Waals surface area contributed by atoms with Crippen LogP contribution in [-0.4, -0.2) is 5.33 Å². The van der Waals surface area contributed by atoms with Crippen molar-refractivity contribution in [2.45, 2.75) is 0 Å². The van der Waals surface area contributed by atoms with E-state index in [9.17, 15) is 0 Å². The molecule has 0 N–H and O–H groups in total. The molecule has 0 spiro atoms. The highest BCUT2D eigenvalue weighted by Crippen LogP contribution is 2.19. The van der Waals surface area contributed by atoms with Crippen LogP contribution in [0.15, 0.2) is 40.8 Å². The van der Waals surface area contributed by atoms with Gasteiger partial charge < -0.3 is 4.42 Å². The summed E-state index contributed by atoms with van der Waals surface area (Å²) in [5.74, 6) is 0.903. The van der Waals surface area contributed by atoms with Crippen molar-refractivity contribution in [3.8, 4) is 0 Å². The zero-order chi connectivity index (χ0) is 9.10. The van der Waals surface area contributed by atoms with Gasteiger partial charge in [0.2, 0.25) is 0 Å². The van der Waals surface area contributed by atoms with Crippen molar-refractivity contribution in [2.75, 3.05) is 5.33 Å². The van der Waals surface area contributed by atoms with Crippen molar-refractivity contribution in [3.05, 3.63) is 42.2 Å². The first-order valence-corrected chi connectivity index (χ1v) is 5.23. The summed E-state index contributed by atoms with van der Waals surface area (Å²) in [5.41, 5.74) is 0.941. The molecule has 1 aromatic carbocycles. The Balaban J connectivity index is 2.44. The lowest BCUT2D eigenvalue weighted by atomic mass is 10.2. The first kappa shape index (κ1) is 8.57. The summed E-state index contributed by atoms with van der Waals surface area (Å²) in [6.07, 6.45) is 3.98. The molecule has 2 rings (SSSR count). The fourth-order valence-electron chi connectivity index (χ4n) is 1.25. The second kappa shape index (κ2) is 3.79. The van der Waals surface area contributed by atoms with Crippen LogP contribution >= 0.6 is 15.9 Å². The van der Waals surface area contributed by atoms with Gasteiger partial charge in [-0.2, -0.15) is 0 Å². The number of benzene rings is 1. The molecule has 0 amide bonds. The highest BCUT2D eigenvalue weighted by atomic mass is 79.9. The van der Waals surface area contributed by atoms with Gasteiger partial charge in [0.25, 0.3) is 0 Å². The average Bonchev–Trinajstić information content (AvgIpc) is 2.57. The van der Waals surface area contributed by atoms with Gasteiger partial charge in [0.05, 0.1) is 0 Å². The van der Waals surface area contributed by atoms with E-state index in [1.807, 2.05) is 42.5 Å². The molecule has 2 heteroatoms. The van der Waals surface area contributed by atoms with E-state index in [1.165, 1.54) is 0 Å². The molecule has 0 fully saturated rings. The summed E-state index contributed by atoms with van der Waals surface area (Å²) in [4.78, 5) is 0. The number of hydrogen-bond donors (Lipinski definition) is 0. The number of hydrogen-bond acceptors (Lipinski definition) is 1. The summed E-state index contributed by atoms with van der Waals surface area (Å²) < 4.78 is 5.56. The zero-order valence-electron chi connectivity index (χ0n) is 7.03. The summed E-state index contributed by atoms with van der Waals surface area (Å²) in [5, 5.41) is 2.00. The van der Waals surface area contributed by atoms with Crippen LogP contribution in [0.5, 0.6) is 0 Å². The van der Waals surface area contributed by atoms with Crippen molar-refractivity contribution in [1.29, 1.82) is 0 Å². The number of halogens is 1. The van der Waals surface area contributed by atoms with Gasteiger partial charge in [-0.15, -0.1) is 0 Å². The van der Waals surface area contributed by atoms with Crippen LogP contribution in [-0.2, 0) is 0 Å². The maximum absolute atomic E-state index is 5.56. The number of furan rings is 1. The topological polar surface area (TPSA) is 13.1 Å². The lowest BCUT2D eigenvalue weighted by molar-refractivity contribution is 0.604. The predicted octanol–water partition coefficient (Wildman–Crippen LogP) is 3.84. The van der Waals surface area contributed by atoms with Gasteiger partial charge in [-0.3, -0.25) is 0 Å². The molecule has 0 atom stereocenters. The van der Waals surface area contributed by atoms with E-state index in [0.29, 0.717) is 0 Å². The third-order valence-electron chi connectivity index (χ3n) is 1.82. The third kappa shape index (κ3) is 1.83. The standard InChI is InChI=1S/C11H9BrO/c12-7-3-5-10-8-9-4-1-2-6-11(9)13-10/h1-6,8H,7H2. The Morgan fingerprint density at radius 1 is 1.31 bits per heavy atom. The third-order valence-corrected chi connectivity index (χ3v) is 2.19. The molecule has 0 saturated heterocycles. The van der Waals surface area contributed by atoms with Crippen molar-refractivity contribution in [2.24, 2.45) is 0 Å². The molecule has 0 aliphatic heterocycles. The minimum atomic E-state index is 0.851. The second-order valence-corrected chi connectivity index (χ2v) is 3.39. The van der Waals surface area contributed by atoms with Gasteiger partial charge in [0.1, 0.15) is 11.3 Å². The molecule has 0 aliphatic carbocycles. The number of allylic oxidation sites excluding steroid dienone is 1. The SMILES string of the molecule is BrCC=Cc1cc2ccccc2o1. The van der Waals surface area contributed by atoms with Crippen molar-refractivity contribution < 1.29 is 4.42 Å². The van der Waals surface area contributed by atoms with E-state index in [-0.39, 0.29) is 0 Å². The van der Waals surface area contributed by atoms with Gasteiger partial charge in [0.15, 0.2) is 0 Å². The predicted molar refractivity (Wildman–Crippen MR) is 59.0 cm³/mol. The van der Waals surface area contributed by atoms with Crippen LogP contribution in [0.3, 0.4) is 0 Å². The van der Waals surface area contributed by atoms with Crippen molar-refractivity contribution >= 4 is 33.0 Å². The summed E-state index contributed by atoms with van der Waals surface area (Å²) >= 11 is 3.32. The quantitative estimate of drug-likeness (QED) is 0.723. The van der Waals surface area contributed by atoms with Gasteiger partial charge in [-0.25, -0.2) is 0 Å². The smallest absolute Gasteiger partial charge is 0.134 e. The number of rotatable bonds is 2. The summed E-state index contributed by atoms with van der Waals surface area (Å²) in [6.45, 7) is 0. The highest BCUT2D eigenvalue weighted by Gasteiger charge is 1.97. The molecular formula is C11H9BrO. The van der Waals surface area contributed by atoms with Gasteiger partial charge in [-0.1, -0.05) is 40.2 Å². The van der Waals surface area contributed by atoms with Crippen molar-refractivity contribution in [3.63, 3.8) is 0 Å². The van der Waals surface area contributed by atoms with Crippen molar-refractivity contribution in [1.82, 2.24) is 0 Å². The Hall–Kier alpha value is -1.02. The maximum Gasteiger partial charge on any atom is 0.134 e. The van der Waals surface area contributed by atoms with Gasteiger partial charge in [-0.05, 0) is 18.2 Å². The van der Waals surface area contributed by atoms with Crippen LogP contribution in [0.1, 0.15) is 5.76 Å². The summed E-state index contributed by atoms with van der Waals surface area (Å²) in [6, 6.07) is 10.0. The van der Waals surface area contributed by atoms with E-state index in [0.717, 1.165) is 22.1 Å². The van der Waals surface area contributed by atoms with E-state index < -0.39 is 0 Å². The molecule has 1 aromatic heterocycles. The van der Waals surface area contributed by atoms with Gasteiger partial charge >= 0.3 is 0 Å². The van der Waals surface area contributed by atoms with Gasteiger partial charge in [0, 0.05) is 10.7 Å². The summed E-state index contributed by atoms with van der Waals surface area (Å²) in [7, 11) is 0.